The molecule has 0 unspecified atom stereocenters. The summed E-state index contributed by atoms with van der Waals surface area (Å²) in [5, 5.41) is 6.62. The molecule has 0 fully saturated rings. The van der Waals surface area contributed by atoms with Gasteiger partial charge in [-0.3, -0.25) is 5.41 Å². The van der Waals surface area contributed by atoms with Crippen molar-refractivity contribution in [2.75, 3.05) is 0 Å². The molecule has 0 atom stereocenters. The molecule has 2 heteroatoms. The number of amidine groups is 1. The highest BCUT2D eigenvalue weighted by atomic mass is 14.7. The standard InChI is InChI=1S/C4H9N2/c1-2-3-4(5)6/h3H,2H2,1H3,(H3,5,6). The molecule has 0 saturated carbocycles. The molecule has 0 saturated heterocycles. The molecular weight excluding hydrogens is 76.1 g/mol. The van der Waals surface area contributed by atoms with Crippen molar-refractivity contribution in [1.29, 1.82) is 5.41 Å². The summed E-state index contributed by atoms with van der Waals surface area (Å²) < 4.78 is 0. The van der Waals surface area contributed by atoms with Crippen molar-refractivity contribution in [3.63, 3.8) is 0 Å². The summed E-state index contributed by atoms with van der Waals surface area (Å²) in [6.45, 7) is 1.95. The molecule has 0 amide bonds. The van der Waals surface area contributed by atoms with Gasteiger partial charge in [-0.15, -0.1) is 0 Å². The van der Waals surface area contributed by atoms with E-state index < -0.39 is 0 Å². The molecule has 0 rings (SSSR count). The van der Waals surface area contributed by atoms with E-state index in [1.165, 1.54) is 0 Å². The van der Waals surface area contributed by atoms with Crippen molar-refractivity contribution in [3.05, 3.63) is 6.42 Å². The van der Waals surface area contributed by atoms with Crippen LogP contribution < -0.4 is 5.73 Å². The average molecular weight is 85.1 g/mol. The van der Waals surface area contributed by atoms with Crippen LogP contribution in [0.2, 0.25) is 0 Å². The molecule has 0 heterocycles. The van der Waals surface area contributed by atoms with E-state index in [4.69, 9.17) is 11.1 Å². The van der Waals surface area contributed by atoms with Crippen molar-refractivity contribution in [3.8, 4) is 0 Å². The second kappa shape index (κ2) is 2.69. The van der Waals surface area contributed by atoms with E-state index in [1.54, 1.807) is 6.42 Å². The molecule has 35 valence electrons. The van der Waals surface area contributed by atoms with E-state index in [0.29, 0.717) is 0 Å². The fraction of sp³-hybridized carbons (Fsp3) is 0.500. The van der Waals surface area contributed by atoms with Gasteiger partial charge in [0.1, 0.15) is 0 Å². The van der Waals surface area contributed by atoms with Crippen molar-refractivity contribution in [1.82, 2.24) is 0 Å². The Morgan fingerprint density at radius 1 is 2.00 bits per heavy atom. The van der Waals surface area contributed by atoms with E-state index in [1.807, 2.05) is 6.92 Å². The first-order valence-corrected chi connectivity index (χ1v) is 1.94. The molecule has 3 N–H and O–H groups in total. The molecule has 0 spiro atoms. The highest BCUT2D eigenvalue weighted by molar-refractivity contribution is 5.85. The van der Waals surface area contributed by atoms with Gasteiger partial charge in [0.05, 0.1) is 5.84 Å². The highest BCUT2D eigenvalue weighted by Gasteiger charge is 1.80. The Morgan fingerprint density at radius 2 is 2.50 bits per heavy atom. The van der Waals surface area contributed by atoms with Gasteiger partial charge in [-0.05, 0) is 6.42 Å². The summed E-state index contributed by atoms with van der Waals surface area (Å²) in [6.07, 6.45) is 2.51. The molecule has 1 radical (unpaired) electrons. The molecule has 0 aromatic carbocycles. The Hall–Kier alpha value is -0.530. The van der Waals surface area contributed by atoms with Crippen molar-refractivity contribution < 1.29 is 0 Å². The van der Waals surface area contributed by atoms with Gasteiger partial charge in [0.15, 0.2) is 0 Å². The Bertz CT molecular complexity index is 49.5. The van der Waals surface area contributed by atoms with E-state index in [-0.39, 0.29) is 5.84 Å². The summed E-state index contributed by atoms with van der Waals surface area (Å²) in [5.41, 5.74) is 4.93. The van der Waals surface area contributed by atoms with Crippen molar-refractivity contribution in [2.24, 2.45) is 5.73 Å². The number of nitrogens with two attached hydrogens (primary N) is 1. The maximum atomic E-state index is 6.62. The molecule has 0 aliphatic rings. The van der Waals surface area contributed by atoms with Crippen LogP contribution >= 0.6 is 0 Å². The van der Waals surface area contributed by atoms with Crippen LogP contribution in [0, 0.1) is 11.8 Å². The lowest BCUT2D eigenvalue weighted by Gasteiger charge is -1.85. The van der Waals surface area contributed by atoms with Gasteiger partial charge in [-0.25, -0.2) is 0 Å². The lowest BCUT2D eigenvalue weighted by atomic mass is 10.3. The van der Waals surface area contributed by atoms with Gasteiger partial charge in [0.2, 0.25) is 0 Å². The number of hydrogen-bond acceptors (Lipinski definition) is 1. The maximum Gasteiger partial charge on any atom is 0.0944 e. The first-order valence-electron chi connectivity index (χ1n) is 1.94. The van der Waals surface area contributed by atoms with Gasteiger partial charge in [0, 0.05) is 6.42 Å². The van der Waals surface area contributed by atoms with Crippen LogP contribution in [0.3, 0.4) is 0 Å². The topological polar surface area (TPSA) is 49.9 Å². The minimum Gasteiger partial charge on any atom is -0.387 e. The third-order valence-corrected chi connectivity index (χ3v) is 0.424. The Balaban J connectivity index is 2.83. The van der Waals surface area contributed by atoms with Crippen LogP contribution in [0.25, 0.3) is 0 Å². The average Bonchev–Trinajstić information content (AvgIpc) is 1.35. The van der Waals surface area contributed by atoms with Gasteiger partial charge < -0.3 is 5.73 Å². The first-order chi connectivity index (χ1) is 2.77. The molecule has 0 aliphatic carbocycles. The van der Waals surface area contributed by atoms with Crippen LogP contribution in [0.15, 0.2) is 0 Å². The zero-order chi connectivity index (χ0) is 4.99. The van der Waals surface area contributed by atoms with E-state index in [9.17, 15) is 0 Å². The van der Waals surface area contributed by atoms with Gasteiger partial charge in [-0.1, -0.05) is 6.92 Å². The second-order valence-corrected chi connectivity index (χ2v) is 1.07. The number of hydrogen-bond donors (Lipinski definition) is 2. The largest absolute Gasteiger partial charge is 0.387 e. The molecule has 6 heavy (non-hydrogen) atoms. The summed E-state index contributed by atoms with van der Waals surface area (Å²) in [7, 11) is 0. The maximum absolute atomic E-state index is 6.62. The summed E-state index contributed by atoms with van der Waals surface area (Å²) in [5.74, 6) is 0.164. The quantitative estimate of drug-likeness (QED) is 0.373. The Kier molecular flexibility index (Phi) is 2.46. The lowest BCUT2D eigenvalue weighted by molar-refractivity contribution is 1.15. The lowest BCUT2D eigenvalue weighted by Crippen LogP contribution is -2.08. The normalized spacial score (nSPS) is 8.17. The summed E-state index contributed by atoms with van der Waals surface area (Å²) >= 11 is 0. The molecule has 2 nitrogen and oxygen atoms in total. The second-order valence-electron chi connectivity index (χ2n) is 1.07. The van der Waals surface area contributed by atoms with E-state index >= 15 is 0 Å². The SMILES string of the molecule is CC[CH]C(=N)N. The van der Waals surface area contributed by atoms with Gasteiger partial charge in [0.25, 0.3) is 0 Å². The zero-order valence-electron chi connectivity index (χ0n) is 3.86. The fourth-order valence-electron chi connectivity index (χ4n) is 0.220. The first kappa shape index (κ1) is 5.47. The number of nitrogens with one attached hydrogen (secondary N) is 1. The summed E-state index contributed by atoms with van der Waals surface area (Å²) in [6, 6.07) is 0. The van der Waals surface area contributed by atoms with E-state index in [2.05, 4.69) is 0 Å². The van der Waals surface area contributed by atoms with Crippen LogP contribution in [-0.2, 0) is 0 Å². The molecule has 0 aromatic rings. The van der Waals surface area contributed by atoms with Crippen molar-refractivity contribution in [2.45, 2.75) is 13.3 Å². The zero-order valence-corrected chi connectivity index (χ0v) is 3.86. The minimum absolute atomic E-state index is 0.164. The van der Waals surface area contributed by atoms with Crippen LogP contribution in [0.4, 0.5) is 0 Å². The van der Waals surface area contributed by atoms with Crippen LogP contribution in [0.5, 0.6) is 0 Å². The summed E-state index contributed by atoms with van der Waals surface area (Å²) in [4.78, 5) is 0. The van der Waals surface area contributed by atoms with Crippen molar-refractivity contribution >= 4 is 5.84 Å². The Morgan fingerprint density at radius 3 is 2.50 bits per heavy atom. The molecular formula is C4H9N2. The third kappa shape index (κ3) is 3.47. The van der Waals surface area contributed by atoms with Gasteiger partial charge >= 0.3 is 0 Å². The molecule has 0 bridgehead atoms. The fourth-order valence-corrected chi connectivity index (χ4v) is 0.220. The van der Waals surface area contributed by atoms with E-state index in [0.717, 1.165) is 6.42 Å². The minimum atomic E-state index is 0.164. The smallest absolute Gasteiger partial charge is 0.0944 e. The van der Waals surface area contributed by atoms with Crippen LogP contribution in [-0.4, -0.2) is 5.84 Å². The third-order valence-electron chi connectivity index (χ3n) is 0.424. The molecule has 0 aliphatic heterocycles. The number of rotatable bonds is 2. The predicted octanol–water partition coefficient (Wildman–Crippen LogP) is 0.537. The monoisotopic (exact) mass is 85.1 g/mol. The van der Waals surface area contributed by atoms with Crippen LogP contribution in [0.1, 0.15) is 13.3 Å². The molecule has 0 aromatic heterocycles. The predicted molar refractivity (Wildman–Crippen MR) is 26.5 cm³/mol. The van der Waals surface area contributed by atoms with Gasteiger partial charge in [-0.2, -0.15) is 0 Å². The Labute approximate surface area is 37.9 Å². The highest BCUT2D eigenvalue weighted by Crippen LogP contribution is 1.78.